The molecule has 0 bridgehead atoms. The summed E-state index contributed by atoms with van der Waals surface area (Å²) in [5.74, 6) is -6.60. The smallest absolute Gasteiger partial charge is 0.378 e. The molecule has 5 aromatic rings. The summed E-state index contributed by atoms with van der Waals surface area (Å²) in [5.41, 5.74) is -2.99. The number of aromatic nitrogens is 6. The number of tetrazole rings is 1. The molecule has 0 spiro atoms. The summed E-state index contributed by atoms with van der Waals surface area (Å²) in [6.45, 7) is 1.11. The molecule has 0 aliphatic carbocycles. The largest absolute Gasteiger partial charge is 0.420 e. The number of rotatable bonds is 9. The molecule has 1 fully saturated rings. The van der Waals surface area contributed by atoms with E-state index in [4.69, 9.17) is 0 Å². The summed E-state index contributed by atoms with van der Waals surface area (Å²) in [5, 5.41) is 31.2. The minimum atomic E-state index is -4.83. The van der Waals surface area contributed by atoms with Gasteiger partial charge in [-0.25, -0.2) is 13.5 Å². The number of benzene rings is 2. The van der Waals surface area contributed by atoms with Crippen LogP contribution in [0.25, 0.3) is 11.1 Å². The molecule has 6 rings (SSSR count). The van der Waals surface area contributed by atoms with Gasteiger partial charge in [0.2, 0.25) is 0 Å². The maximum atomic E-state index is 16.1. The molecule has 0 amide bonds. The van der Waals surface area contributed by atoms with Crippen molar-refractivity contribution < 1.29 is 40.9 Å². The van der Waals surface area contributed by atoms with Gasteiger partial charge in [-0.2, -0.15) is 22.0 Å². The maximum absolute atomic E-state index is 16.1. The Bertz CT molecular complexity index is 1890. The van der Waals surface area contributed by atoms with E-state index in [9.17, 15) is 32.2 Å². The number of alkyl halides is 5. The molecule has 1 unspecified atom stereocenters. The summed E-state index contributed by atoms with van der Waals surface area (Å²) in [6, 6.07) is 14.3. The van der Waals surface area contributed by atoms with Crippen LogP contribution < -0.4 is 9.80 Å². The first-order valence-corrected chi connectivity index (χ1v) is 14.8. The van der Waals surface area contributed by atoms with Crippen LogP contribution in [0.2, 0.25) is 0 Å². The predicted octanol–water partition coefficient (Wildman–Crippen LogP) is 5.01. The van der Waals surface area contributed by atoms with Gasteiger partial charge < -0.3 is 20.0 Å². The zero-order chi connectivity index (χ0) is 35.0. The molecule has 2 aromatic carbocycles. The first kappa shape index (κ1) is 33.7. The number of aliphatic hydroxyl groups is 2. The second-order valence-electron chi connectivity index (χ2n) is 11.4. The van der Waals surface area contributed by atoms with Crippen LogP contribution in [0, 0.1) is 11.6 Å². The standard InChI is InChI=1S/C32H27F7N8O2/c33-22-4-7-25(26(34)15-22)30(49,18-47-19-42-43-44-47)31(35,36)28-8-3-21(17-41-28)20-1-5-23(6-2-20)45-11-13-46(14-12-45)24-9-10-40-27(16-24)29(48)32(37,38)39/h1-10,15-17,19,29,48-49H,11-14,18H2/t29?,30-/m0/s1. The molecule has 1 aliphatic rings. The molecule has 10 nitrogen and oxygen atoms in total. The van der Waals surface area contributed by atoms with Crippen molar-refractivity contribution in [3.8, 4) is 11.1 Å². The molecular weight excluding hydrogens is 661 g/mol. The van der Waals surface area contributed by atoms with E-state index >= 15 is 8.78 Å². The molecule has 256 valence electrons. The lowest BCUT2D eigenvalue weighted by Gasteiger charge is -2.37. The Morgan fingerprint density at radius 3 is 2.04 bits per heavy atom. The van der Waals surface area contributed by atoms with Crippen LogP contribution in [0.1, 0.15) is 23.1 Å². The van der Waals surface area contributed by atoms with Crippen molar-refractivity contribution >= 4 is 11.4 Å². The first-order chi connectivity index (χ1) is 23.3. The number of anilines is 2. The number of piperazine rings is 1. The van der Waals surface area contributed by atoms with Crippen molar-refractivity contribution in [2.75, 3.05) is 36.0 Å². The van der Waals surface area contributed by atoms with E-state index in [1.165, 1.54) is 24.5 Å². The fourth-order valence-electron chi connectivity index (χ4n) is 5.67. The van der Waals surface area contributed by atoms with Crippen LogP contribution in [0.15, 0.2) is 85.5 Å². The van der Waals surface area contributed by atoms with Gasteiger partial charge in [0.1, 0.15) is 23.7 Å². The number of halogens is 7. The molecule has 1 aliphatic heterocycles. The Kier molecular flexibility index (Phi) is 8.98. The third kappa shape index (κ3) is 6.76. The summed E-state index contributed by atoms with van der Waals surface area (Å²) in [6.07, 6.45) is -4.11. The average Bonchev–Trinajstić information content (AvgIpc) is 3.60. The summed E-state index contributed by atoms with van der Waals surface area (Å²) in [4.78, 5) is 11.5. The molecule has 4 heterocycles. The average molecular weight is 689 g/mol. The molecule has 0 saturated carbocycles. The van der Waals surface area contributed by atoms with Gasteiger partial charge in [0.25, 0.3) is 0 Å². The van der Waals surface area contributed by atoms with E-state index in [1.54, 1.807) is 18.2 Å². The van der Waals surface area contributed by atoms with Crippen LogP contribution in [-0.2, 0) is 18.1 Å². The fraction of sp³-hybridized carbons (Fsp3) is 0.281. The Hall–Kier alpha value is -5.16. The minimum absolute atomic E-state index is 0.389. The molecule has 3 aromatic heterocycles. The van der Waals surface area contributed by atoms with E-state index in [-0.39, 0.29) is 0 Å². The molecule has 49 heavy (non-hydrogen) atoms. The highest BCUT2D eigenvalue weighted by Crippen LogP contribution is 2.47. The first-order valence-electron chi connectivity index (χ1n) is 14.8. The highest BCUT2D eigenvalue weighted by atomic mass is 19.4. The summed E-state index contributed by atoms with van der Waals surface area (Å²) in [7, 11) is 0. The van der Waals surface area contributed by atoms with E-state index < -0.39 is 58.9 Å². The third-order valence-corrected chi connectivity index (χ3v) is 8.33. The van der Waals surface area contributed by atoms with Gasteiger partial charge in [-0.1, -0.05) is 18.2 Å². The quantitative estimate of drug-likeness (QED) is 0.206. The molecule has 0 radical (unpaired) electrons. The lowest BCUT2D eigenvalue weighted by molar-refractivity contribution is -0.207. The van der Waals surface area contributed by atoms with Crippen LogP contribution in [0.5, 0.6) is 0 Å². The lowest BCUT2D eigenvalue weighted by Crippen LogP contribution is -2.48. The van der Waals surface area contributed by atoms with Gasteiger partial charge in [0.05, 0.1) is 12.2 Å². The van der Waals surface area contributed by atoms with E-state index in [0.717, 1.165) is 34.9 Å². The van der Waals surface area contributed by atoms with Crippen LogP contribution in [0.3, 0.4) is 0 Å². The van der Waals surface area contributed by atoms with Crippen molar-refractivity contribution in [1.29, 1.82) is 0 Å². The topological polar surface area (TPSA) is 116 Å². The second kappa shape index (κ2) is 13.0. The van der Waals surface area contributed by atoms with Crippen LogP contribution in [0.4, 0.5) is 42.1 Å². The zero-order valence-corrected chi connectivity index (χ0v) is 25.3. The minimum Gasteiger partial charge on any atom is -0.378 e. The number of hydrogen-bond acceptors (Lipinski definition) is 9. The molecule has 17 heteroatoms. The Morgan fingerprint density at radius 2 is 1.45 bits per heavy atom. The highest BCUT2D eigenvalue weighted by Gasteiger charge is 2.58. The van der Waals surface area contributed by atoms with Crippen molar-refractivity contribution in [3.63, 3.8) is 0 Å². The van der Waals surface area contributed by atoms with Crippen molar-refractivity contribution in [1.82, 2.24) is 30.2 Å². The molecule has 1 saturated heterocycles. The van der Waals surface area contributed by atoms with Gasteiger partial charge >= 0.3 is 12.1 Å². The van der Waals surface area contributed by atoms with Gasteiger partial charge in [0.15, 0.2) is 11.7 Å². The van der Waals surface area contributed by atoms with Crippen molar-refractivity contribution in [2.24, 2.45) is 0 Å². The molecule has 2 N–H and O–H groups in total. The zero-order valence-electron chi connectivity index (χ0n) is 25.3. The van der Waals surface area contributed by atoms with Gasteiger partial charge in [-0.15, -0.1) is 5.10 Å². The number of hydrogen-bond donors (Lipinski definition) is 2. The predicted molar refractivity (Wildman–Crippen MR) is 161 cm³/mol. The van der Waals surface area contributed by atoms with Crippen LogP contribution >= 0.6 is 0 Å². The van der Waals surface area contributed by atoms with Crippen molar-refractivity contribution in [2.45, 2.75) is 30.3 Å². The van der Waals surface area contributed by atoms with E-state index in [0.29, 0.717) is 49.1 Å². The maximum Gasteiger partial charge on any atom is 0.420 e. The highest BCUT2D eigenvalue weighted by molar-refractivity contribution is 5.66. The van der Waals surface area contributed by atoms with Crippen LogP contribution in [-0.4, -0.2) is 72.7 Å². The molecule has 2 atom stereocenters. The Morgan fingerprint density at radius 1 is 0.776 bits per heavy atom. The monoisotopic (exact) mass is 688 g/mol. The Labute approximate surface area is 274 Å². The lowest BCUT2D eigenvalue weighted by atomic mass is 9.84. The Balaban J connectivity index is 1.15. The third-order valence-electron chi connectivity index (χ3n) is 8.33. The SMILES string of the molecule is OC(c1cc(N2CCN(c3ccc(-c4ccc(C(F)(F)[C@](O)(Cn5cnnn5)c5ccc(F)cc5F)nc4)cc3)CC2)ccn1)C(F)(F)F. The van der Waals surface area contributed by atoms with Crippen molar-refractivity contribution in [3.05, 3.63) is 114 Å². The second-order valence-corrected chi connectivity index (χ2v) is 11.4. The van der Waals surface area contributed by atoms with Gasteiger partial charge in [-0.05, 0) is 58.5 Å². The fourth-order valence-corrected chi connectivity index (χ4v) is 5.67. The molecular formula is C32H27F7N8O2. The number of pyridine rings is 2. The summed E-state index contributed by atoms with van der Waals surface area (Å²) >= 11 is 0. The van der Waals surface area contributed by atoms with Gasteiger partial charge in [0, 0.05) is 67.1 Å². The van der Waals surface area contributed by atoms with E-state index in [2.05, 4.69) is 30.4 Å². The van der Waals surface area contributed by atoms with Gasteiger partial charge in [-0.3, -0.25) is 9.97 Å². The number of nitrogens with zero attached hydrogens (tertiary/aromatic N) is 8. The number of aliphatic hydroxyl groups excluding tert-OH is 1. The van der Waals surface area contributed by atoms with E-state index in [1.807, 2.05) is 17.0 Å². The summed E-state index contributed by atoms with van der Waals surface area (Å²) < 4.78 is 100. The normalized spacial score (nSPS) is 16.0.